The maximum absolute atomic E-state index is 9.24. The van der Waals surface area contributed by atoms with Crippen molar-refractivity contribution in [2.24, 2.45) is 0 Å². The quantitative estimate of drug-likeness (QED) is 0.614. The first kappa shape index (κ1) is 7.47. The summed E-state index contributed by atoms with van der Waals surface area (Å²) in [4.78, 5) is 0. The summed E-state index contributed by atoms with van der Waals surface area (Å²) in [7, 11) is 0. The van der Waals surface area contributed by atoms with Gasteiger partial charge in [-0.1, -0.05) is 6.07 Å². The second-order valence-corrected chi connectivity index (χ2v) is 3.23. The molecule has 0 saturated heterocycles. The highest BCUT2D eigenvalue weighted by Crippen LogP contribution is 2.25. The van der Waals surface area contributed by atoms with Gasteiger partial charge in [-0.15, -0.1) is 0 Å². The van der Waals surface area contributed by atoms with E-state index in [0.717, 1.165) is 18.7 Å². The predicted molar refractivity (Wildman–Crippen MR) is 49.5 cm³/mol. The van der Waals surface area contributed by atoms with Crippen LogP contribution in [-0.4, -0.2) is 11.7 Å². The summed E-state index contributed by atoms with van der Waals surface area (Å²) in [6.07, 6.45) is 3.59. The van der Waals surface area contributed by atoms with Crippen LogP contribution in [-0.2, 0) is 6.42 Å². The summed E-state index contributed by atoms with van der Waals surface area (Å²) < 4.78 is 0. The van der Waals surface area contributed by atoms with E-state index < -0.39 is 0 Å². The van der Waals surface area contributed by atoms with E-state index in [0.29, 0.717) is 5.75 Å². The highest BCUT2D eigenvalue weighted by atomic mass is 16.3. The summed E-state index contributed by atoms with van der Waals surface area (Å²) in [6.45, 7) is 1.02. The first-order valence-electron chi connectivity index (χ1n) is 4.42. The molecular formula is C10H13NO. The SMILES string of the molecule is Oc1ccc2c(c1)NCCCC2. The van der Waals surface area contributed by atoms with Crippen LogP contribution in [0.3, 0.4) is 0 Å². The molecule has 0 amide bonds. The zero-order chi connectivity index (χ0) is 8.39. The second-order valence-electron chi connectivity index (χ2n) is 3.23. The third-order valence-corrected chi connectivity index (χ3v) is 2.28. The van der Waals surface area contributed by atoms with Crippen molar-refractivity contribution < 1.29 is 5.11 Å². The fraction of sp³-hybridized carbons (Fsp3) is 0.400. The summed E-state index contributed by atoms with van der Waals surface area (Å²) in [5.41, 5.74) is 2.43. The van der Waals surface area contributed by atoms with Gasteiger partial charge in [0.15, 0.2) is 0 Å². The normalized spacial score (nSPS) is 16.0. The Morgan fingerprint density at radius 2 is 2.17 bits per heavy atom. The molecule has 2 heteroatoms. The van der Waals surface area contributed by atoms with E-state index in [2.05, 4.69) is 5.32 Å². The molecule has 0 fully saturated rings. The van der Waals surface area contributed by atoms with Crippen LogP contribution in [0.25, 0.3) is 0 Å². The molecule has 1 heterocycles. The largest absolute Gasteiger partial charge is 0.508 e. The molecule has 0 atom stereocenters. The molecular weight excluding hydrogens is 150 g/mol. The van der Waals surface area contributed by atoms with Crippen LogP contribution in [0.5, 0.6) is 5.75 Å². The van der Waals surface area contributed by atoms with Crippen molar-refractivity contribution >= 4 is 5.69 Å². The minimum atomic E-state index is 0.350. The molecule has 0 spiro atoms. The lowest BCUT2D eigenvalue weighted by Crippen LogP contribution is -1.98. The number of phenols is 1. The van der Waals surface area contributed by atoms with Gasteiger partial charge in [0.05, 0.1) is 0 Å². The molecule has 0 unspecified atom stereocenters. The van der Waals surface area contributed by atoms with Gasteiger partial charge < -0.3 is 10.4 Å². The summed E-state index contributed by atoms with van der Waals surface area (Å²) in [5, 5.41) is 12.5. The average molecular weight is 163 g/mol. The Hall–Kier alpha value is -1.18. The number of phenolic OH excluding ortho intramolecular Hbond substituents is 1. The zero-order valence-corrected chi connectivity index (χ0v) is 7.01. The van der Waals surface area contributed by atoms with Gasteiger partial charge in [0.2, 0.25) is 0 Å². The number of rotatable bonds is 0. The number of nitrogens with one attached hydrogen (secondary N) is 1. The van der Waals surface area contributed by atoms with Crippen molar-refractivity contribution in [3.8, 4) is 5.75 Å². The van der Waals surface area contributed by atoms with Gasteiger partial charge in [0, 0.05) is 18.3 Å². The molecule has 2 nitrogen and oxygen atoms in total. The molecule has 12 heavy (non-hydrogen) atoms. The predicted octanol–water partition coefficient (Wildman–Crippen LogP) is 2.14. The maximum Gasteiger partial charge on any atom is 0.117 e. The van der Waals surface area contributed by atoms with Crippen LogP contribution in [0, 0.1) is 0 Å². The van der Waals surface area contributed by atoms with E-state index in [1.54, 1.807) is 12.1 Å². The van der Waals surface area contributed by atoms with Gasteiger partial charge >= 0.3 is 0 Å². The van der Waals surface area contributed by atoms with Crippen LogP contribution in [0.1, 0.15) is 18.4 Å². The molecule has 1 aromatic carbocycles. The van der Waals surface area contributed by atoms with Gasteiger partial charge in [-0.2, -0.15) is 0 Å². The molecule has 0 aromatic heterocycles. The highest BCUT2D eigenvalue weighted by molar-refractivity contribution is 5.55. The Morgan fingerprint density at radius 1 is 1.25 bits per heavy atom. The number of aryl methyl sites for hydroxylation is 1. The Balaban J connectivity index is 2.36. The van der Waals surface area contributed by atoms with E-state index in [1.807, 2.05) is 6.07 Å². The molecule has 1 aliphatic heterocycles. The molecule has 0 radical (unpaired) electrons. The van der Waals surface area contributed by atoms with Crippen LogP contribution in [0.15, 0.2) is 18.2 Å². The standard InChI is InChI=1S/C10H13NO/c12-9-5-4-8-3-1-2-6-11-10(8)7-9/h4-5,7,11-12H,1-3,6H2. The smallest absolute Gasteiger partial charge is 0.117 e. The van der Waals surface area contributed by atoms with Crippen molar-refractivity contribution in [2.45, 2.75) is 19.3 Å². The number of fused-ring (bicyclic) bond motifs is 1. The van der Waals surface area contributed by atoms with Gasteiger partial charge in [0.25, 0.3) is 0 Å². The van der Waals surface area contributed by atoms with Crippen molar-refractivity contribution in [1.82, 2.24) is 0 Å². The first-order valence-corrected chi connectivity index (χ1v) is 4.42. The van der Waals surface area contributed by atoms with Crippen LogP contribution in [0.4, 0.5) is 5.69 Å². The Morgan fingerprint density at radius 3 is 3.08 bits per heavy atom. The minimum Gasteiger partial charge on any atom is -0.508 e. The maximum atomic E-state index is 9.24. The van der Waals surface area contributed by atoms with E-state index in [-0.39, 0.29) is 0 Å². The topological polar surface area (TPSA) is 32.3 Å². The molecule has 0 aliphatic carbocycles. The van der Waals surface area contributed by atoms with E-state index in [4.69, 9.17) is 0 Å². The lowest BCUT2D eigenvalue weighted by molar-refractivity contribution is 0.475. The summed E-state index contributed by atoms with van der Waals surface area (Å²) >= 11 is 0. The first-order chi connectivity index (χ1) is 5.86. The van der Waals surface area contributed by atoms with Gasteiger partial charge in [-0.3, -0.25) is 0 Å². The fourth-order valence-electron chi connectivity index (χ4n) is 1.61. The molecule has 2 rings (SSSR count). The zero-order valence-electron chi connectivity index (χ0n) is 7.01. The molecule has 1 aromatic rings. The number of aromatic hydroxyl groups is 1. The van der Waals surface area contributed by atoms with E-state index >= 15 is 0 Å². The minimum absolute atomic E-state index is 0.350. The van der Waals surface area contributed by atoms with E-state index in [9.17, 15) is 5.11 Å². The van der Waals surface area contributed by atoms with Crippen molar-refractivity contribution in [3.05, 3.63) is 23.8 Å². The summed E-state index contributed by atoms with van der Waals surface area (Å²) in [6, 6.07) is 5.56. The number of hydrogen-bond donors (Lipinski definition) is 2. The van der Waals surface area contributed by atoms with Crippen LogP contribution >= 0.6 is 0 Å². The molecule has 1 aliphatic rings. The number of hydrogen-bond acceptors (Lipinski definition) is 2. The molecule has 64 valence electrons. The fourth-order valence-corrected chi connectivity index (χ4v) is 1.61. The van der Waals surface area contributed by atoms with Crippen LogP contribution in [0.2, 0.25) is 0 Å². The van der Waals surface area contributed by atoms with Gasteiger partial charge in [0.1, 0.15) is 5.75 Å². The van der Waals surface area contributed by atoms with Crippen molar-refractivity contribution in [1.29, 1.82) is 0 Å². The van der Waals surface area contributed by atoms with Gasteiger partial charge in [-0.25, -0.2) is 0 Å². The lowest BCUT2D eigenvalue weighted by atomic mass is 10.1. The van der Waals surface area contributed by atoms with Crippen molar-refractivity contribution in [2.75, 3.05) is 11.9 Å². The van der Waals surface area contributed by atoms with E-state index in [1.165, 1.54) is 18.4 Å². The second kappa shape index (κ2) is 3.05. The lowest BCUT2D eigenvalue weighted by Gasteiger charge is -2.06. The third-order valence-electron chi connectivity index (χ3n) is 2.28. The Bertz CT molecular complexity index is 283. The summed E-state index contributed by atoms with van der Waals surface area (Å²) in [5.74, 6) is 0.350. The molecule has 0 bridgehead atoms. The number of benzene rings is 1. The number of anilines is 1. The highest BCUT2D eigenvalue weighted by Gasteiger charge is 2.06. The van der Waals surface area contributed by atoms with Gasteiger partial charge in [-0.05, 0) is 30.9 Å². The van der Waals surface area contributed by atoms with Crippen LogP contribution < -0.4 is 5.32 Å². The monoisotopic (exact) mass is 163 g/mol. The Labute approximate surface area is 72.2 Å². The average Bonchev–Trinajstić information content (AvgIpc) is 2.28. The Kier molecular flexibility index (Phi) is 1.90. The molecule has 0 saturated carbocycles. The van der Waals surface area contributed by atoms with Crippen molar-refractivity contribution in [3.63, 3.8) is 0 Å². The third kappa shape index (κ3) is 1.37. The molecule has 2 N–H and O–H groups in total.